The number of aliphatic hydroxyl groups is 2. The van der Waals surface area contributed by atoms with E-state index in [2.05, 4.69) is 9.47 Å². The molecular weight excluding hydrogens is 216 g/mol. The molecule has 6 nitrogen and oxygen atoms in total. The van der Waals surface area contributed by atoms with Crippen LogP contribution in [0.25, 0.3) is 0 Å². The molecule has 0 aliphatic heterocycles. The predicted molar refractivity (Wildman–Crippen MR) is 54.5 cm³/mol. The van der Waals surface area contributed by atoms with Gasteiger partial charge >= 0.3 is 11.9 Å². The molecule has 0 saturated heterocycles. The molecule has 2 N–H and O–H groups in total. The second kappa shape index (κ2) is 8.06. The van der Waals surface area contributed by atoms with Gasteiger partial charge in [0.2, 0.25) is 0 Å². The van der Waals surface area contributed by atoms with E-state index in [0.717, 1.165) is 0 Å². The van der Waals surface area contributed by atoms with Gasteiger partial charge in [0.15, 0.2) is 0 Å². The number of hydrogen-bond acceptors (Lipinski definition) is 6. The first-order valence-electron chi connectivity index (χ1n) is 5.18. The van der Waals surface area contributed by atoms with Crippen molar-refractivity contribution < 1.29 is 29.3 Å². The summed E-state index contributed by atoms with van der Waals surface area (Å²) in [6.45, 7) is 3.69. The van der Waals surface area contributed by atoms with Crippen molar-refractivity contribution in [1.29, 1.82) is 0 Å². The zero-order chi connectivity index (χ0) is 12.6. The highest BCUT2D eigenvalue weighted by atomic mass is 16.5. The van der Waals surface area contributed by atoms with Crippen molar-refractivity contribution in [3.8, 4) is 0 Å². The molecule has 0 spiro atoms. The van der Waals surface area contributed by atoms with Gasteiger partial charge in [0.25, 0.3) is 0 Å². The zero-order valence-corrected chi connectivity index (χ0v) is 9.51. The van der Waals surface area contributed by atoms with Crippen LogP contribution in [0.15, 0.2) is 0 Å². The molecule has 0 saturated carbocycles. The molecule has 94 valence electrons. The topological polar surface area (TPSA) is 93.1 Å². The average molecular weight is 234 g/mol. The lowest BCUT2D eigenvalue weighted by atomic mass is 10.1. The van der Waals surface area contributed by atoms with Crippen LogP contribution in [0.3, 0.4) is 0 Å². The molecule has 0 heterocycles. The Kier molecular flexibility index (Phi) is 7.49. The van der Waals surface area contributed by atoms with Crippen LogP contribution in [-0.4, -0.2) is 47.6 Å². The van der Waals surface area contributed by atoms with Crippen molar-refractivity contribution in [3.63, 3.8) is 0 Å². The third-order valence-electron chi connectivity index (χ3n) is 1.81. The monoisotopic (exact) mass is 234 g/mol. The quantitative estimate of drug-likeness (QED) is 0.583. The molecule has 2 atom stereocenters. The van der Waals surface area contributed by atoms with Crippen LogP contribution >= 0.6 is 0 Å². The Hall–Kier alpha value is -1.14. The number of hydrogen-bond donors (Lipinski definition) is 2. The first-order valence-corrected chi connectivity index (χ1v) is 5.18. The van der Waals surface area contributed by atoms with Crippen LogP contribution in [0.1, 0.15) is 26.7 Å². The van der Waals surface area contributed by atoms with E-state index in [9.17, 15) is 19.8 Å². The van der Waals surface area contributed by atoms with Gasteiger partial charge < -0.3 is 19.7 Å². The minimum atomic E-state index is -1.32. The Morgan fingerprint density at radius 3 is 1.50 bits per heavy atom. The van der Waals surface area contributed by atoms with Gasteiger partial charge in [-0.3, -0.25) is 9.59 Å². The highest BCUT2D eigenvalue weighted by Gasteiger charge is 2.23. The maximum Gasteiger partial charge on any atom is 0.308 e. The van der Waals surface area contributed by atoms with E-state index in [0.29, 0.717) is 0 Å². The molecule has 6 heteroatoms. The Balaban J connectivity index is 3.93. The molecule has 0 aromatic carbocycles. The Morgan fingerprint density at radius 1 is 0.938 bits per heavy atom. The van der Waals surface area contributed by atoms with E-state index in [1.54, 1.807) is 13.8 Å². The average Bonchev–Trinajstić information content (AvgIpc) is 2.17. The second-order valence-corrected chi connectivity index (χ2v) is 3.15. The molecule has 0 aliphatic carbocycles. The van der Waals surface area contributed by atoms with Crippen molar-refractivity contribution in [2.24, 2.45) is 0 Å². The first kappa shape index (κ1) is 14.9. The van der Waals surface area contributed by atoms with Crippen LogP contribution in [0.2, 0.25) is 0 Å². The van der Waals surface area contributed by atoms with Crippen LogP contribution in [-0.2, 0) is 19.1 Å². The maximum absolute atomic E-state index is 11.0. The summed E-state index contributed by atoms with van der Waals surface area (Å²) in [6, 6.07) is 0. The van der Waals surface area contributed by atoms with E-state index in [4.69, 9.17) is 0 Å². The number of carbonyl (C=O) groups excluding carboxylic acids is 2. The highest BCUT2D eigenvalue weighted by molar-refractivity contribution is 5.71. The van der Waals surface area contributed by atoms with E-state index in [1.165, 1.54) is 0 Å². The fourth-order valence-corrected chi connectivity index (χ4v) is 1.05. The number of rotatable bonds is 7. The second-order valence-electron chi connectivity index (χ2n) is 3.15. The molecule has 0 aromatic rings. The van der Waals surface area contributed by atoms with E-state index in [1.807, 2.05) is 0 Å². The number of esters is 2. The van der Waals surface area contributed by atoms with Gasteiger partial charge in [0.1, 0.15) is 0 Å². The van der Waals surface area contributed by atoms with Gasteiger partial charge in [-0.05, 0) is 13.8 Å². The molecule has 0 rings (SSSR count). The molecule has 0 amide bonds. The summed E-state index contributed by atoms with van der Waals surface area (Å²) in [6.07, 6.45) is -3.31. The minimum Gasteiger partial charge on any atom is -0.466 e. The molecule has 0 aromatic heterocycles. The summed E-state index contributed by atoms with van der Waals surface area (Å²) >= 11 is 0. The normalized spacial score (nSPS) is 14.0. The molecule has 0 radical (unpaired) electrons. The van der Waals surface area contributed by atoms with E-state index >= 15 is 0 Å². The lowest BCUT2D eigenvalue weighted by Crippen LogP contribution is -2.31. The summed E-state index contributed by atoms with van der Waals surface area (Å²) in [5.41, 5.74) is 0. The molecular formula is C10H18O6. The van der Waals surface area contributed by atoms with E-state index < -0.39 is 24.1 Å². The summed E-state index contributed by atoms with van der Waals surface area (Å²) in [7, 11) is 0. The van der Waals surface area contributed by atoms with E-state index in [-0.39, 0.29) is 26.1 Å². The van der Waals surface area contributed by atoms with Crippen LogP contribution < -0.4 is 0 Å². The number of carbonyl (C=O) groups is 2. The van der Waals surface area contributed by atoms with Crippen molar-refractivity contribution in [3.05, 3.63) is 0 Å². The van der Waals surface area contributed by atoms with Gasteiger partial charge in [0.05, 0.1) is 38.3 Å². The Labute approximate surface area is 94.2 Å². The molecule has 0 unspecified atom stereocenters. The minimum absolute atomic E-state index is 0.208. The number of aliphatic hydroxyl groups excluding tert-OH is 2. The SMILES string of the molecule is CCOC(=O)C[C@@H](O)[C@H](O)CC(=O)OCC. The van der Waals surface area contributed by atoms with Gasteiger partial charge in [0, 0.05) is 0 Å². The van der Waals surface area contributed by atoms with Crippen molar-refractivity contribution >= 4 is 11.9 Å². The lowest BCUT2D eigenvalue weighted by molar-refractivity contribution is -0.152. The largest absolute Gasteiger partial charge is 0.466 e. The third kappa shape index (κ3) is 6.36. The van der Waals surface area contributed by atoms with Crippen LogP contribution in [0.4, 0.5) is 0 Å². The molecule has 16 heavy (non-hydrogen) atoms. The lowest BCUT2D eigenvalue weighted by Gasteiger charge is -2.15. The maximum atomic E-state index is 11.0. The van der Waals surface area contributed by atoms with Crippen molar-refractivity contribution in [1.82, 2.24) is 0 Å². The Morgan fingerprint density at radius 2 is 1.25 bits per heavy atom. The summed E-state index contributed by atoms with van der Waals surface area (Å²) < 4.78 is 9.18. The molecule has 0 fully saturated rings. The smallest absolute Gasteiger partial charge is 0.308 e. The van der Waals surface area contributed by atoms with Gasteiger partial charge in [-0.2, -0.15) is 0 Å². The fourth-order valence-electron chi connectivity index (χ4n) is 1.05. The van der Waals surface area contributed by atoms with Crippen LogP contribution in [0, 0.1) is 0 Å². The van der Waals surface area contributed by atoms with Crippen LogP contribution in [0.5, 0.6) is 0 Å². The molecule has 0 bridgehead atoms. The van der Waals surface area contributed by atoms with Crippen molar-refractivity contribution in [2.75, 3.05) is 13.2 Å². The van der Waals surface area contributed by atoms with Crippen molar-refractivity contribution in [2.45, 2.75) is 38.9 Å². The van der Waals surface area contributed by atoms with Gasteiger partial charge in [-0.15, -0.1) is 0 Å². The zero-order valence-electron chi connectivity index (χ0n) is 9.51. The van der Waals surface area contributed by atoms with Gasteiger partial charge in [-0.1, -0.05) is 0 Å². The number of ether oxygens (including phenoxy) is 2. The Bertz CT molecular complexity index is 203. The van der Waals surface area contributed by atoms with Gasteiger partial charge in [-0.25, -0.2) is 0 Å². The first-order chi connectivity index (χ1) is 7.51. The standard InChI is InChI=1S/C10H18O6/c1-3-15-9(13)5-7(11)8(12)6-10(14)16-4-2/h7-8,11-12H,3-6H2,1-2H3/t7-,8-/m1/s1. The highest BCUT2D eigenvalue weighted by Crippen LogP contribution is 2.06. The fraction of sp³-hybridized carbons (Fsp3) is 0.800. The third-order valence-corrected chi connectivity index (χ3v) is 1.81. The summed E-state index contributed by atoms with van der Waals surface area (Å²) in [5, 5.41) is 18.7. The molecule has 0 aliphatic rings. The predicted octanol–water partition coefficient (Wildman–Crippen LogP) is -0.385. The summed E-state index contributed by atoms with van der Waals surface area (Å²) in [5.74, 6) is -1.23. The summed E-state index contributed by atoms with van der Waals surface area (Å²) in [4.78, 5) is 21.9.